The van der Waals surface area contributed by atoms with Gasteiger partial charge < -0.3 is 5.73 Å². The molecule has 108 valence electrons. The van der Waals surface area contributed by atoms with Gasteiger partial charge in [0.2, 0.25) is 0 Å². The topological polar surface area (TPSA) is 72.4 Å². The zero-order valence-corrected chi connectivity index (χ0v) is 11.6. The Hall–Kier alpha value is -1.46. The number of non-ortho nitro benzene ring substituents is 1. The Bertz CT molecular complexity index is 506. The van der Waals surface area contributed by atoms with E-state index in [1.54, 1.807) is 18.2 Å². The molecule has 0 bridgehead atoms. The quantitative estimate of drug-likeness (QED) is 0.677. The summed E-state index contributed by atoms with van der Waals surface area (Å²) < 4.78 is 0. The lowest BCUT2D eigenvalue weighted by Gasteiger charge is -2.29. The summed E-state index contributed by atoms with van der Waals surface area (Å²) in [6.07, 6.45) is 3.67. The van der Waals surface area contributed by atoms with Crippen LogP contribution in [0.3, 0.4) is 0 Å². The molecule has 1 aromatic rings. The van der Waals surface area contributed by atoms with Gasteiger partial charge in [-0.15, -0.1) is 0 Å². The van der Waals surface area contributed by atoms with Crippen molar-refractivity contribution in [2.75, 3.05) is 13.1 Å². The molecule has 1 saturated carbocycles. The van der Waals surface area contributed by atoms with Gasteiger partial charge in [0, 0.05) is 37.8 Å². The first kappa shape index (κ1) is 13.5. The second kappa shape index (κ2) is 5.50. The fourth-order valence-electron chi connectivity index (χ4n) is 3.76. The third-order valence-electron chi connectivity index (χ3n) is 4.76. The second-order valence-corrected chi connectivity index (χ2v) is 6.14. The van der Waals surface area contributed by atoms with Crippen LogP contribution in [0.2, 0.25) is 0 Å². The number of nitro groups is 1. The van der Waals surface area contributed by atoms with E-state index in [0.717, 1.165) is 37.5 Å². The van der Waals surface area contributed by atoms with E-state index < -0.39 is 0 Å². The highest BCUT2D eigenvalue weighted by Crippen LogP contribution is 2.36. The van der Waals surface area contributed by atoms with E-state index in [-0.39, 0.29) is 10.6 Å². The normalized spacial score (nSPS) is 30.1. The van der Waals surface area contributed by atoms with Crippen LogP contribution in [0.25, 0.3) is 0 Å². The molecule has 1 saturated heterocycles. The predicted molar refractivity (Wildman–Crippen MR) is 77.2 cm³/mol. The number of likely N-dealkylation sites (tertiary alicyclic amines) is 1. The van der Waals surface area contributed by atoms with Crippen LogP contribution >= 0.6 is 0 Å². The Morgan fingerprint density at radius 1 is 1.35 bits per heavy atom. The van der Waals surface area contributed by atoms with Gasteiger partial charge >= 0.3 is 0 Å². The minimum absolute atomic E-state index is 0.177. The van der Waals surface area contributed by atoms with Crippen molar-refractivity contribution in [3.05, 3.63) is 39.9 Å². The molecule has 0 radical (unpaired) electrons. The van der Waals surface area contributed by atoms with Crippen LogP contribution in [-0.2, 0) is 6.54 Å². The van der Waals surface area contributed by atoms with Gasteiger partial charge in [-0.25, -0.2) is 0 Å². The molecule has 3 atom stereocenters. The van der Waals surface area contributed by atoms with E-state index in [4.69, 9.17) is 5.73 Å². The molecule has 3 unspecified atom stereocenters. The van der Waals surface area contributed by atoms with E-state index in [0.29, 0.717) is 12.0 Å². The summed E-state index contributed by atoms with van der Waals surface area (Å²) in [5.74, 6) is 1.33. The van der Waals surface area contributed by atoms with Gasteiger partial charge in [-0.2, -0.15) is 0 Å². The number of hydrogen-bond donors (Lipinski definition) is 1. The summed E-state index contributed by atoms with van der Waals surface area (Å²) in [7, 11) is 0. The number of nitrogens with zero attached hydrogens (tertiary/aromatic N) is 2. The lowest BCUT2D eigenvalue weighted by molar-refractivity contribution is -0.384. The van der Waals surface area contributed by atoms with Crippen molar-refractivity contribution >= 4 is 5.69 Å². The molecular weight excluding hydrogens is 254 g/mol. The molecule has 5 nitrogen and oxygen atoms in total. The van der Waals surface area contributed by atoms with Gasteiger partial charge in [-0.05, 0) is 30.2 Å². The molecule has 1 aliphatic carbocycles. The number of fused-ring (bicyclic) bond motifs is 1. The van der Waals surface area contributed by atoms with Crippen LogP contribution in [0.5, 0.6) is 0 Å². The number of nitrogens with two attached hydrogens (primary N) is 1. The monoisotopic (exact) mass is 275 g/mol. The van der Waals surface area contributed by atoms with Crippen LogP contribution in [0.1, 0.15) is 24.8 Å². The molecule has 2 aliphatic rings. The molecule has 3 rings (SSSR count). The molecular formula is C15H21N3O2. The highest BCUT2D eigenvalue weighted by molar-refractivity contribution is 5.34. The summed E-state index contributed by atoms with van der Waals surface area (Å²) in [6, 6.07) is 7.30. The Kier molecular flexibility index (Phi) is 3.72. The maximum Gasteiger partial charge on any atom is 0.269 e. The number of nitro benzene ring substituents is 1. The third-order valence-corrected chi connectivity index (χ3v) is 4.76. The lowest BCUT2D eigenvalue weighted by atomic mass is 9.78. The zero-order valence-electron chi connectivity index (χ0n) is 11.6. The first-order valence-corrected chi connectivity index (χ1v) is 7.35. The zero-order chi connectivity index (χ0) is 14.1. The van der Waals surface area contributed by atoms with Crippen molar-refractivity contribution in [2.24, 2.45) is 17.6 Å². The molecule has 0 spiro atoms. The largest absolute Gasteiger partial charge is 0.327 e. The van der Waals surface area contributed by atoms with Crippen LogP contribution < -0.4 is 5.73 Å². The molecule has 20 heavy (non-hydrogen) atoms. The Balaban J connectivity index is 1.67. The molecule has 5 heteroatoms. The van der Waals surface area contributed by atoms with Crippen LogP contribution in [0.15, 0.2) is 24.3 Å². The SMILES string of the molecule is NC1CCCC2CN(Cc3cccc([N+](=O)[O-])c3)CC12. The smallest absolute Gasteiger partial charge is 0.269 e. The molecule has 2 N–H and O–H groups in total. The van der Waals surface area contributed by atoms with Gasteiger partial charge in [0.25, 0.3) is 5.69 Å². The highest BCUT2D eigenvalue weighted by atomic mass is 16.6. The Labute approximate surface area is 118 Å². The van der Waals surface area contributed by atoms with Crippen LogP contribution in [-0.4, -0.2) is 29.0 Å². The highest BCUT2D eigenvalue weighted by Gasteiger charge is 2.38. The standard InChI is InChI=1S/C15H21N3O2/c16-15-6-2-4-12-9-17(10-14(12)15)8-11-3-1-5-13(7-11)18(19)20/h1,3,5,7,12,14-15H,2,4,6,8-10,16H2. The average molecular weight is 275 g/mol. The fourth-order valence-corrected chi connectivity index (χ4v) is 3.76. The summed E-state index contributed by atoms with van der Waals surface area (Å²) in [6.45, 7) is 2.91. The minimum Gasteiger partial charge on any atom is -0.327 e. The van der Waals surface area contributed by atoms with E-state index in [1.807, 2.05) is 6.07 Å². The number of hydrogen-bond acceptors (Lipinski definition) is 4. The fraction of sp³-hybridized carbons (Fsp3) is 0.600. The van der Waals surface area contributed by atoms with Crippen LogP contribution in [0.4, 0.5) is 5.69 Å². The first-order valence-electron chi connectivity index (χ1n) is 7.35. The Morgan fingerprint density at radius 2 is 2.20 bits per heavy atom. The van der Waals surface area contributed by atoms with Crippen molar-refractivity contribution in [1.29, 1.82) is 0 Å². The van der Waals surface area contributed by atoms with Gasteiger partial charge in [0.1, 0.15) is 0 Å². The number of rotatable bonds is 3. The molecule has 1 aromatic carbocycles. The summed E-state index contributed by atoms with van der Waals surface area (Å²) >= 11 is 0. The molecule has 1 heterocycles. The maximum absolute atomic E-state index is 10.8. The maximum atomic E-state index is 10.8. The van der Waals surface area contributed by atoms with Gasteiger partial charge in [0.05, 0.1) is 4.92 Å². The van der Waals surface area contributed by atoms with Gasteiger partial charge in [-0.1, -0.05) is 18.6 Å². The van der Waals surface area contributed by atoms with E-state index in [9.17, 15) is 10.1 Å². The summed E-state index contributed by atoms with van der Waals surface area (Å²) in [5, 5.41) is 10.8. The molecule has 0 amide bonds. The lowest BCUT2D eigenvalue weighted by Crippen LogP contribution is -2.38. The second-order valence-electron chi connectivity index (χ2n) is 6.14. The summed E-state index contributed by atoms with van der Waals surface area (Å²) in [5.41, 5.74) is 7.42. The van der Waals surface area contributed by atoms with Gasteiger partial charge in [-0.3, -0.25) is 15.0 Å². The van der Waals surface area contributed by atoms with E-state index >= 15 is 0 Å². The summed E-state index contributed by atoms with van der Waals surface area (Å²) in [4.78, 5) is 12.9. The number of benzene rings is 1. The molecule has 2 fully saturated rings. The average Bonchev–Trinajstić information content (AvgIpc) is 2.83. The van der Waals surface area contributed by atoms with Crippen molar-refractivity contribution in [1.82, 2.24) is 4.90 Å². The molecule has 0 aromatic heterocycles. The van der Waals surface area contributed by atoms with Gasteiger partial charge in [0.15, 0.2) is 0 Å². The molecule has 1 aliphatic heterocycles. The van der Waals surface area contributed by atoms with Crippen LogP contribution in [0, 0.1) is 22.0 Å². The Morgan fingerprint density at radius 3 is 2.95 bits per heavy atom. The van der Waals surface area contributed by atoms with Crippen molar-refractivity contribution in [2.45, 2.75) is 31.8 Å². The van der Waals surface area contributed by atoms with E-state index in [2.05, 4.69) is 4.90 Å². The van der Waals surface area contributed by atoms with Crippen molar-refractivity contribution < 1.29 is 4.92 Å². The first-order chi connectivity index (χ1) is 9.63. The van der Waals surface area contributed by atoms with Crippen molar-refractivity contribution in [3.8, 4) is 0 Å². The van der Waals surface area contributed by atoms with E-state index in [1.165, 1.54) is 12.8 Å². The van der Waals surface area contributed by atoms with Crippen molar-refractivity contribution in [3.63, 3.8) is 0 Å². The minimum atomic E-state index is -0.330. The predicted octanol–water partition coefficient (Wildman–Crippen LogP) is 2.15. The third kappa shape index (κ3) is 2.69.